The van der Waals surface area contributed by atoms with Gasteiger partial charge in [0, 0.05) is 22.5 Å². The van der Waals surface area contributed by atoms with Gasteiger partial charge >= 0.3 is 0 Å². The lowest BCUT2D eigenvalue weighted by molar-refractivity contribution is -0.109. The molecule has 1 fully saturated rings. The number of carbonyl (C=O) groups is 1. The molecule has 1 aromatic heterocycles. The molecule has 1 heterocycles. The van der Waals surface area contributed by atoms with E-state index in [-0.39, 0.29) is 17.6 Å². The summed E-state index contributed by atoms with van der Waals surface area (Å²) in [5.41, 5.74) is -0.616. The van der Waals surface area contributed by atoms with Crippen molar-refractivity contribution in [3.63, 3.8) is 0 Å². The minimum atomic E-state index is -1.23. The van der Waals surface area contributed by atoms with Crippen molar-refractivity contribution in [2.24, 2.45) is 11.8 Å². The van der Waals surface area contributed by atoms with Crippen LogP contribution in [0.1, 0.15) is 32.3 Å². The third-order valence-electron chi connectivity index (χ3n) is 4.69. The van der Waals surface area contributed by atoms with E-state index in [1.54, 1.807) is 22.9 Å². The molecule has 1 aliphatic carbocycles. The summed E-state index contributed by atoms with van der Waals surface area (Å²) in [6.45, 7) is 3.66. The molecule has 0 radical (unpaired) electrons. The highest BCUT2D eigenvalue weighted by Crippen LogP contribution is 2.48. The number of thioether (sulfide) groups is 1. The molecule has 0 saturated heterocycles. The van der Waals surface area contributed by atoms with Gasteiger partial charge in [-0.05, 0) is 48.6 Å². The van der Waals surface area contributed by atoms with E-state index in [4.69, 9.17) is 23.2 Å². The molecular formula is C17H19Cl2N3O2S. The number of aliphatic hydroxyl groups is 1. The molecule has 0 spiro atoms. The van der Waals surface area contributed by atoms with Gasteiger partial charge in [-0.1, -0.05) is 36.2 Å². The van der Waals surface area contributed by atoms with Crippen LogP contribution in [0.3, 0.4) is 0 Å². The molecule has 1 aromatic carbocycles. The average molecular weight is 400 g/mol. The Morgan fingerprint density at radius 3 is 2.80 bits per heavy atom. The molecule has 25 heavy (non-hydrogen) atoms. The Balaban J connectivity index is 2.00. The fraction of sp³-hybridized carbons (Fsp3) is 0.471. The summed E-state index contributed by atoms with van der Waals surface area (Å²) in [5.74, 6) is 0.412. The van der Waals surface area contributed by atoms with Crippen molar-refractivity contribution in [1.82, 2.24) is 14.8 Å². The molecule has 1 aliphatic rings. The van der Waals surface area contributed by atoms with Crippen LogP contribution in [0.25, 0.3) is 0 Å². The molecule has 0 aliphatic heterocycles. The predicted molar refractivity (Wildman–Crippen MR) is 98.8 cm³/mol. The lowest BCUT2D eigenvalue weighted by Gasteiger charge is -2.35. The van der Waals surface area contributed by atoms with Gasteiger partial charge in [0.05, 0.1) is 6.54 Å². The first-order valence-corrected chi connectivity index (χ1v) is 9.62. The first-order chi connectivity index (χ1) is 11.8. The van der Waals surface area contributed by atoms with Crippen molar-refractivity contribution < 1.29 is 9.90 Å². The van der Waals surface area contributed by atoms with Gasteiger partial charge in [0.15, 0.2) is 10.3 Å². The molecule has 2 unspecified atom stereocenters. The van der Waals surface area contributed by atoms with Gasteiger partial charge in [0.2, 0.25) is 0 Å². The minimum Gasteiger partial charge on any atom is -0.383 e. The number of nitrogens with zero attached hydrogens (tertiary/aromatic N) is 3. The number of benzene rings is 1. The lowest BCUT2D eigenvalue weighted by Crippen LogP contribution is -2.40. The molecular weight excluding hydrogens is 381 g/mol. The van der Waals surface area contributed by atoms with Crippen LogP contribution in [-0.2, 0) is 16.9 Å². The largest absolute Gasteiger partial charge is 0.383 e. The van der Waals surface area contributed by atoms with Crippen LogP contribution >= 0.6 is 35.0 Å². The van der Waals surface area contributed by atoms with E-state index >= 15 is 0 Å². The Morgan fingerprint density at radius 2 is 2.20 bits per heavy atom. The standard InChI is InChI=1S/C17H19Cl2N3O2S/c1-10(12-3-4-12)17(24,14-6-5-13(18)7-15(14)19)8-22-16(20-9-21-22)25-11(2)23/h5-7,9-10,12,24H,3-4,8H2,1-2H3. The van der Waals surface area contributed by atoms with Crippen LogP contribution in [0.15, 0.2) is 29.7 Å². The number of hydrogen-bond donors (Lipinski definition) is 1. The minimum absolute atomic E-state index is 0.0226. The van der Waals surface area contributed by atoms with Gasteiger partial charge in [0.25, 0.3) is 0 Å². The second-order valence-electron chi connectivity index (χ2n) is 6.47. The first-order valence-electron chi connectivity index (χ1n) is 8.05. The normalized spacial score (nSPS) is 18.0. The van der Waals surface area contributed by atoms with Crippen LogP contribution in [0.2, 0.25) is 10.0 Å². The van der Waals surface area contributed by atoms with Crippen LogP contribution in [0.5, 0.6) is 0 Å². The summed E-state index contributed by atoms with van der Waals surface area (Å²) in [6, 6.07) is 5.12. The molecule has 0 amide bonds. The zero-order valence-electron chi connectivity index (χ0n) is 13.9. The summed E-state index contributed by atoms with van der Waals surface area (Å²) >= 11 is 13.4. The van der Waals surface area contributed by atoms with E-state index in [9.17, 15) is 9.90 Å². The molecule has 134 valence electrons. The van der Waals surface area contributed by atoms with Crippen molar-refractivity contribution in [1.29, 1.82) is 0 Å². The Kier molecular flexibility index (Phi) is 5.44. The summed E-state index contributed by atoms with van der Waals surface area (Å²) in [6.07, 6.45) is 3.55. The highest BCUT2D eigenvalue weighted by atomic mass is 35.5. The maximum Gasteiger partial charge on any atom is 0.193 e. The molecule has 8 heteroatoms. The van der Waals surface area contributed by atoms with Gasteiger partial charge in [-0.25, -0.2) is 9.67 Å². The maximum absolute atomic E-state index is 11.7. The van der Waals surface area contributed by atoms with Gasteiger partial charge in [-0.2, -0.15) is 5.10 Å². The maximum atomic E-state index is 11.7. The smallest absolute Gasteiger partial charge is 0.193 e. The SMILES string of the molecule is CC(=O)Sc1ncnn1CC(O)(c1ccc(Cl)cc1Cl)C(C)C1CC1. The van der Waals surface area contributed by atoms with E-state index in [2.05, 4.69) is 10.1 Å². The molecule has 1 saturated carbocycles. The van der Waals surface area contributed by atoms with E-state index in [0.717, 1.165) is 24.6 Å². The lowest BCUT2D eigenvalue weighted by atomic mass is 9.79. The Hall–Kier alpha value is -1.08. The topological polar surface area (TPSA) is 68.0 Å². The second kappa shape index (κ2) is 7.27. The van der Waals surface area contributed by atoms with Crippen molar-refractivity contribution in [3.05, 3.63) is 40.1 Å². The quantitative estimate of drug-likeness (QED) is 0.738. The Bertz CT molecular complexity index is 794. The van der Waals surface area contributed by atoms with Crippen LogP contribution in [-0.4, -0.2) is 25.0 Å². The summed E-state index contributed by atoms with van der Waals surface area (Å²) < 4.78 is 1.57. The number of hydrogen-bond acceptors (Lipinski definition) is 5. The molecule has 1 N–H and O–H groups in total. The third kappa shape index (κ3) is 4.03. The zero-order valence-corrected chi connectivity index (χ0v) is 16.3. The predicted octanol–water partition coefficient (Wildman–Crippen LogP) is 4.16. The fourth-order valence-corrected chi connectivity index (χ4v) is 4.25. The first kappa shape index (κ1) is 18.7. The summed E-state index contributed by atoms with van der Waals surface area (Å²) in [5, 5.41) is 17.2. The summed E-state index contributed by atoms with van der Waals surface area (Å²) in [7, 11) is 0. The van der Waals surface area contributed by atoms with E-state index < -0.39 is 5.60 Å². The van der Waals surface area contributed by atoms with Gasteiger partial charge in [-0.15, -0.1) is 0 Å². The third-order valence-corrected chi connectivity index (χ3v) is 6.02. The Morgan fingerprint density at radius 1 is 1.48 bits per heavy atom. The van der Waals surface area contributed by atoms with Crippen molar-refractivity contribution >= 4 is 40.1 Å². The molecule has 3 rings (SSSR count). The monoisotopic (exact) mass is 399 g/mol. The van der Waals surface area contributed by atoms with Gasteiger partial charge < -0.3 is 5.11 Å². The number of rotatable bonds is 6. The van der Waals surface area contributed by atoms with E-state index in [1.165, 1.54) is 13.3 Å². The van der Waals surface area contributed by atoms with E-state index in [1.807, 2.05) is 6.92 Å². The van der Waals surface area contributed by atoms with Gasteiger partial charge in [-0.3, -0.25) is 4.79 Å². The number of aromatic nitrogens is 3. The molecule has 2 atom stereocenters. The van der Waals surface area contributed by atoms with Crippen molar-refractivity contribution in [3.8, 4) is 0 Å². The van der Waals surface area contributed by atoms with Crippen LogP contribution in [0.4, 0.5) is 0 Å². The number of halogens is 2. The van der Waals surface area contributed by atoms with Crippen molar-refractivity contribution in [2.75, 3.05) is 0 Å². The highest BCUT2D eigenvalue weighted by Gasteiger charge is 2.45. The molecule has 5 nitrogen and oxygen atoms in total. The zero-order chi connectivity index (χ0) is 18.2. The molecule has 0 bridgehead atoms. The van der Waals surface area contributed by atoms with Crippen molar-refractivity contribution in [2.45, 2.75) is 44.0 Å². The fourth-order valence-electron chi connectivity index (χ4n) is 3.10. The second-order valence-corrected chi connectivity index (χ2v) is 8.46. The number of carbonyl (C=O) groups excluding carboxylic acids is 1. The van der Waals surface area contributed by atoms with E-state index in [0.29, 0.717) is 26.7 Å². The molecule has 2 aromatic rings. The average Bonchev–Trinajstić information content (AvgIpc) is 3.29. The van der Waals surface area contributed by atoms with Crippen LogP contribution in [0, 0.1) is 11.8 Å². The summed E-state index contributed by atoms with van der Waals surface area (Å²) in [4.78, 5) is 15.5. The Labute approximate surface area is 160 Å². The van der Waals surface area contributed by atoms with Gasteiger partial charge in [0.1, 0.15) is 11.9 Å². The van der Waals surface area contributed by atoms with Crippen LogP contribution < -0.4 is 0 Å². The highest BCUT2D eigenvalue weighted by molar-refractivity contribution is 8.13.